The van der Waals surface area contributed by atoms with Crippen LogP contribution in [-0.2, 0) is 0 Å². The van der Waals surface area contributed by atoms with Gasteiger partial charge in [0.25, 0.3) is 5.91 Å². The first kappa shape index (κ1) is 13.7. The van der Waals surface area contributed by atoms with Gasteiger partial charge in [-0.3, -0.25) is 9.36 Å². The number of nitriles is 1. The third kappa shape index (κ3) is 2.40. The Morgan fingerprint density at radius 3 is 2.57 bits per heavy atom. The van der Waals surface area contributed by atoms with Gasteiger partial charge in [0.1, 0.15) is 0 Å². The number of aromatic nitrogens is 1. The smallest absolute Gasteiger partial charge is 0.262 e. The maximum absolute atomic E-state index is 12.5. The summed E-state index contributed by atoms with van der Waals surface area (Å²) in [5, 5.41) is 10.5. The molecule has 2 aromatic carbocycles. The third-order valence-electron chi connectivity index (χ3n) is 3.20. The Morgan fingerprint density at radius 2 is 1.86 bits per heavy atom. The van der Waals surface area contributed by atoms with Gasteiger partial charge in [-0.15, -0.1) is 0 Å². The summed E-state index contributed by atoms with van der Waals surface area (Å²) in [6.45, 7) is 0. The van der Waals surface area contributed by atoms with E-state index in [2.05, 4.69) is 6.07 Å². The van der Waals surface area contributed by atoms with Crippen molar-refractivity contribution in [3.8, 4) is 6.07 Å². The fourth-order valence-corrected chi connectivity index (χ4v) is 2.46. The molecule has 1 heterocycles. The molecule has 3 aromatic rings. The van der Waals surface area contributed by atoms with E-state index in [1.54, 1.807) is 48.7 Å². The Labute approximate surface area is 130 Å². The highest BCUT2D eigenvalue weighted by Crippen LogP contribution is 2.24. The van der Waals surface area contributed by atoms with Crippen molar-refractivity contribution in [1.82, 2.24) is 4.57 Å². The van der Waals surface area contributed by atoms with Crippen molar-refractivity contribution < 1.29 is 4.79 Å². The van der Waals surface area contributed by atoms with Crippen LogP contribution in [0.4, 0.5) is 0 Å². The maximum atomic E-state index is 12.5. The average molecular weight is 315 g/mol. The number of fused-ring (bicyclic) bond motifs is 1. The SMILES string of the molecule is N#Cc1ccc2c(ccn2C(=O)c2ccc(Cl)c(Cl)c2)c1. The average Bonchev–Trinajstić information content (AvgIpc) is 2.92. The lowest BCUT2D eigenvalue weighted by atomic mass is 10.1. The van der Waals surface area contributed by atoms with Gasteiger partial charge in [0.2, 0.25) is 0 Å². The zero-order chi connectivity index (χ0) is 15.0. The second kappa shape index (κ2) is 5.25. The maximum Gasteiger partial charge on any atom is 0.262 e. The highest BCUT2D eigenvalue weighted by atomic mass is 35.5. The number of nitrogens with zero attached hydrogens (tertiary/aromatic N) is 2. The number of hydrogen-bond acceptors (Lipinski definition) is 2. The molecule has 0 amide bonds. The summed E-state index contributed by atoms with van der Waals surface area (Å²) in [6, 6.07) is 13.8. The summed E-state index contributed by atoms with van der Waals surface area (Å²) >= 11 is 11.8. The second-order valence-corrected chi connectivity index (χ2v) is 5.32. The minimum Gasteiger partial charge on any atom is -0.283 e. The first-order chi connectivity index (χ1) is 10.1. The van der Waals surface area contributed by atoms with Crippen LogP contribution in [-0.4, -0.2) is 10.5 Å². The molecule has 0 bridgehead atoms. The number of carbonyl (C=O) groups excluding carboxylic acids is 1. The topological polar surface area (TPSA) is 45.8 Å². The van der Waals surface area contributed by atoms with Gasteiger partial charge in [0, 0.05) is 17.1 Å². The molecule has 0 unspecified atom stereocenters. The van der Waals surface area contributed by atoms with Crippen molar-refractivity contribution in [3.63, 3.8) is 0 Å². The minimum atomic E-state index is -0.201. The van der Waals surface area contributed by atoms with Crippen molar-refractivity contribution in [2.75, 3.05) is 0 Å². The van der Waals surface area contributed by atoms with E-state index >= 15 is 0 Å². The molecular formula is C16H8Cl2N2O. The normalized spacial score (nSPS) is 10.5. The zero-order valence-electron chi connectivity index (χ0n) is 10.7. The van der Waals surface area contributed by atoms with E-state index < -0.39 is 0 Å². The molecule has 1 aromatic heterocycles. The quantitative estimate of drug-likeness (QED) is 0.663. The predicted octanol–water partition coefficient (Wildman–Crippen LogP) is 4.51. The Kier molecular flexibility index (Phi) is 3.42. The van der Waals surface area contributed by atoms with Crippen LogP contribution in [0.1, 0.15) is 15.9 Å². The molecule has 0 aliphatic rings. The zero-order valence-corrected chi connectivity index (χ0v) is 12.2. The van der Waals surface area contributed by atoms with Crippen molar-refractivity contribution in [1.29, 1.82) is 5.26 Å². The van der Waals surface area contributed by atoms with E-state index in [1.165, 1.54) is 4.57 Å². The van der Waals surface area contributed by atoms with E-state index in [0.29, 0.717) is 21.2 Å². The van der Waals surface area contributed by atoms with Gasteiger partial charge >= 0.3 is 0 Å². The fourth-order valence-electron chi connectivity index (χ4n) is 2.16. The molecular weight excluding hydrogens is 307 g/mol. The molecule has 0 N–H and O–H groups in total. The number of hydrogen-bond donors (Lipinski definition) is 0. The molecule has 0 atom stereocenters. The Bertz CT molecular complexity index is 906. The molecule has 0 saturated heterocycles. The summed E-state index contributed by atoms with van der Waals surface area (Å²) in [5.74, 6) is -0.201. The molecule has 0 saturated carbocycles. The third-order valence-corrected chi connectivity index (χ3v) is 3.94. The molecule has 0 radical (unpaired) electrons. The van der Waals surface area contributed by atoms with Crippen LogP contribution in [0.25, 0.3) is 10.9 Å². The van der Waals surface area contributed by atoms with Crippen molar-refractivity contribution in [3.05, 3.63) is 69.8 Å². The molecule has 3 rings (SSSR count). The summed E-state index contributed by atoms with van der Waals surface area (Å²) < 4.78 is 1.52. The fraction of sp³-hybridized carbons (Fsp3) is 0. The number of carbonyl (C=O) groups is 1. The molecule has 21 heavy (non-hydrogen) atoms. The standard InChI is InChI=1S/C16H8Cl2N2O/c17-13-3-2-12(8-14(13)18)16(21)20-6-5-11-7-10(9-19)1-4-15(11)20/h1-8H. The van der Waals surface area contributed by atoms with E-state index in [-0.39, 0.29) is 5.91 Å². The lowest BCUT2D eigenvalue weighted by molar-refractivity contribution is 0.0965. The van der Waals surface area contributed by atoms with E-state index in [1.807, 2.05) is 0 Å². The van der Waals surface area contributed by atoms with Gasteiger partial charge in [-0.1, -0.05) is 23.2 Å². The number of rotatable bonds is 1. The van der Waals surface area contributed by atoms with Crippen LogP contribution < -0.4 is 0 Å². The van der Waals surface area contributed by atoms with Crippen LogP contribution in [0.5, 0.6) is 0 Å². The predicted molar refractivity (Wildman–Crippen MR) is 82.8 cm³/mol. The highest BCUT2D eigenvalue weighted by molar-refractivity contribution is 6.42. The summed E-state index contributed by atoms with van der Waals surface area (Å²) in [5.41, 5.74) is 1.75. The molecule has 102 valence electrons. The summed E-state index contributed by atoms with van der Waals surface area (Å²) in [6.07, 6.45) is 1.68. The van der Waals surface area contributed by atoms with Gasteiger partial charge in [0.05, 0.1) is 27.2 Å². The number of benzene rings is 2. The first-order valence-corrected chi connectivity index (χ1v) is 6.87. The summed E-state index contributed by atoms with van der Waals surface area (Å²) in [7, 11) is 0. The van der Waals surface area contributed by atoms with Crippen LogP contribution >= 0.6 is 23.2 Å². The molecule has 0 aliphatic heterocycles. The van der Waals surface area contributed by atoms with Crippen LogP contribution in [0.2, 0.25) is 10.0 Å². The molecule has 5 heteroatoms. The van der Waals surface area contributed by atoms with Gasteiger partial charge in [-0.25, -0.2) is 0 Å². The van der Waals surface area contributed by atoms with E-state index in [4.69, 9.17) is 28.5 Å². The van der Waals surface area contributed by atoms with E-state index in [9.17, 15) is 4.79 Å². The first-order valence-electron chi connectivity index (χ1n) is 6.11. The Hall–Kier alpha value is -2.28. The van der Waals surface area contributed by atoms with Crippen LogP contribution in [0.15, 0.2) is 48.7 Å². The minimum absolute atomic E-state index is 0.201. The van der Waals surface area contributed by atoms with Crippen molar-refractivity contribution in [2.24, 2.45) is 0 Å². The van der Waals surface area contributed by atoms with Gasteiger partial charge < -0.3 is 0 Å². The monoisotopic (exact) mass is 314 g/mol. The Balaban J connectivity index is 2.09. The molecule has 0 aliphatic carbocycles. The van der Waals surface area contributed by atoms with Crippen LogP contribution in [0.3, 0.4) is 0 Å². The Morgan fingerprint density at radius 1 is 1.05 bits per heavy atom. The lowest BCUT2D eigenvalue weighted by Crippen LogP contribution is -2.10. The van der Waals surface area contributed by atoms with Crippen molar-refractivity contribution in [2.45, 2.75) is 0 Å². The van der Waals surface area contributed by atoms with E-state index in [0.717, 1.165) is 10.9 Å². The summed E-state index contributed by atoms with van der Waals surface area (Å²) in [4.78, 5) is 12.5. The highest BCUT2D eigenvalue weighted by Gasteiger charge is 2.13. The van der Waals surface area contributed by atoms with Crippen molar-refractivity contribution >= 4 is 40.0 Å². The second-order valence-electron chi connectivity index (χ2n) is 4.51. The van der Waals surface area contributed by atoms with Gasteiger partial charge in [-0.05, 0) is 42.5 Å². The van der Waals surface area contributed by atoms with Gasteiger partial charge in [0.15, 0.2) is 0 Å². The molecule has 3 nitrogen and oxygen atoms in total. The largest absolute Gasteiger partial charge is 0.283 e. The molecule has 0 fully saturated rings. The van der Waals surface area contributed by atoms with Gasteiger partial charge in [-0.2, -0.15) is 5.26 Å². The molecule has 0 spiro atoms. The number of halogens is 2. The van der Waals surface area contributed by atoms with Crippen LogP contribution in [0, 0.1) is 11.3 Å². The lowest BCUT2D eigenvalue weighted by Gasteiger charge is -2.05.